The number of rotatable bonds is 4. The molecular formula is C19H21N3. The molecule has 0 amide bonds. The number of aromatic nitrogens is 1. The van der Waals surface area contributed by atoms with E-state index in [0.717, 1.165) is 40.8 Å². The number of nitrogens with zero attached hydrogens (tertiary/aromatic N) is 1. The van der Waals surface area contributed by atoms with Gasteiger partial charge in [0, 0.05) is 22.5 Å². The number of nitrogens with two attached hydrogens (primary N) is 2. The van der Waals surface area contributed by atoms with Crippen molar-refractivity contribution in [1.82, 2.24) is 4.98 Å². The van der Waals surface area contributed by atoms with Crippen molar-refractivity contribution < 1.29 is 0 Å². The molecule has 1 unspecified atom stereocenters. The van der Waals surface area contributed by atoms with Crippen LogP contribution in [0, 0.1) is 0 Å². The second-order valence-corrected chi connectivity index (χ2v) is 5.70. The molecule has 3 heteroatoms. The molecule has 0 aliphatic heterocycles. The fourth-order valence-electron chi connectivity index (χ4n) is 2.88. The normalized spacial score (nSPS) is 12.4. The highest BCUT2D eigenvalue weighted by Gasteiger charge is 2.12. The number of nitrogen functional groups attached to an aromatic ring is 2. The van der Waals surface area contributed by atoms with Crippen LogP contribution in [-0.4, -0.2) is 4.98 Å². The molecule has 4 N–H and O–H groups in total. The van der Waals surface area contributed by atoms with Gasteiger partial charge in [0.2, 0.25) is 0 Å². The minimum Gasteiger partial charge on any atom is -0.399 e. The van der Waals surface area contributed by atoms with Crippen LogP contribution in [0.5, 0.6) is 0 Å². The average molecular weight is 291 g/mol. The van der Waals surface area contributed by atoms with Crippen molar-refractivity contribution in [2.45, 2.75) is 25.7 Å². The third-order valence-corrected chi connectivity index (χ3v) is 4.16. The molecule has 1 aromatic heterocycles. The summed E-state index contributed by atoms with van der Waals surface area (Å²) in [5, 5.41) is 1.02. The quantitative estimate of drug-likeness (QED) is 0.710. The summed E-state index contributed by atoms with van der Waals surface area (Å²) in [6, 6.07) is 18.1. The number of pyridine rings is 1. The first-order valence-corrected chi connectivity index (χ1v) is 7.67. The topological polar surface area (TPSA) is 64.9 Å². The van der Waals surface area contributed by atoms with Crippen LogP contribution in [0.4, 0.5) is 11.4 Å². The van der Waals surface area contributed by atoms with Gasteiger partial charge >= 0.3 is 0 Å². The Kier molecular flexibility index (Phi) is 3.96. The minimum atomic E-state index is 0.425. The molecule has 0 aliphatic carbocycles. The third kappa shape index (κ3) is 2.89. The van der Waals surface area contributed by atoms with E-state index in [0.29, 0.717) is 5.92 Å². The molecule has 0 radical (unpaired) electrons. The van der Waals surface area contributed by atoms with E-state index >= 15 is 0 Å². The summed E-state index contributed by atoms with van der Waals surface area (Å²) in [7, 11) is 0. The van der Waals surface area contributed by atoms with Crippen LogP contribution >= 0.6 is 0 Å². The summed E-state index contributed by atoms with van der Waals surface area (Å²) < 4.78 is 0. The zero-order valence-corrected chi connectivity index (χ0v) is 12.8. The molecule has 0 spiro atoms. The fraction of sp³-hybridized carbons (Fsp3) is 0.211. The van der Waals surface area contributed by atoms with E-state index in [4.69, 9.17) is 16.5 Å². The zero-order chi connectivity index (χ0) is 15.5. The van der Waals surface area contributed by atoms with Gasteiger partial charge in [0.05, 0.1) is 5.52 Å². The Balaban J connectivity index is 1.92. The summed E-state index contributed by atoms with van der Waals surface area (Å²) in [5.74, 6) is 0.425. The van der Waals surface area contributed by atoms with Crippen LogP contribution in [0.2, 0.25) is 0 Å². The first kappa shape index (κ1) is 14.4. The summed E-state index contributed by atoms with van der Waals surface area (Å²) in [4.78, 5) is 4.76. The SMILES string of the molecule is CCC(Cc1cc(N)c2ccccc2n1)c1ccc(N)cc1. The molecule has 0 bridgehead atoms. The maximum atomic E-state index is 6.18. The lowest BCUT2D eigenvalue weighted by Gasteiger charge is -2.16. The minimum absolute atomic E-state index is 0.425. The summed E-state index contributed by atoms with van der Waals surface area (Å²) in [5.41, 5.74) is 16.8. The Bertz CT molecular complexity index is 778. The van der Waals surface area contributed by atoms with Crippen molar-refractivity contribution in [2.75, 3.05) is 11.5 Å². The number of para-hydroxylation sites is 1. The van der Waals surface area contributed by atoms with Crippen molar-refractivity contribution in [1.29, 1.82) is 0 Å². The number of anilines is 2. The highest BCUT2D eigenvalue weighted by atomic mass is 14.7. The van der Waals surface area contributed by atoms with E-state index in [1.807, 2.05) is 42.5 Å². The Morgan fingerprint density at radius 1 is 1.00 bits per heavy atom. The molecular weight excluding hydrogens is 270 g/mol. The predicted octanol–water partition coefficient (Wildman–Crippen LogP) is 4.14. The monoisotopic (exact) mass is 291 g/mol. The fourth-order valence-corrected chi connectivity index (χ4v) is 2.88. The van der Waals surface area contributed by atoms with Crippen LogP contribution in [-0.2, 0) is 6.42 Å². The van der Waals surface area contributed by atoms with Gasteiger partial charge < -0.3 is 11.5 Å². The van der Waals surface area contributed by atoms with Gasteiger partial charge in [0.25, 0.3) is 0 Å². The maximum Gasteiger partial charge on any atom is 0.0725 e. The van der Waals surface area contributed by atoms with Gasteiger partial charge in [0.15, 0.2) is 0 Å². The van der Waals surface area contributed by atoms with Gasteiger partial charge in [-0.15, -0.1) is 0 Å². The van der Waals surface area contributed by atoms with Crippen molar-refractivity contribution in [3.05, 3.63) is 65.9 Å². The molecule has 1 atom stereocenters. The van der Waals surface area contributed by atoms with Crippen LogP contribution < -0.4 is 11.5 Å². The van der Waals surface area contributed by atoms with Gasteiger partial charge in [0.1, 0.15) is 0 Å². The molecule has 3 aromatic rings. The van der Waals surface area contributed by atoms with Crippen LogP contribution in [0.25, 0.3) is 10.9 Å². The molecule has 3 rings (SSSR count). The zero-order valence-electron chi connectivity index (χ0n) is 12.8. The van der Waals surface area contributed by atoms with Crippen molar-refractivity contribution in [3.63, 3.8) is 0 Å². The Morgan fingerprint density at radius 2 is 1.73 bits per heavy atom. The smallest absolute Gasteiger partial charge is 0.0725 e. The first-order chi connectivity index (χ1) is 10.7. The highest BCUT2D eigenvalue weighted by Crippen LogP contribution is 2.27. The number of fused-ring (bicyclic) bond motifs is 1. The maximum absolute atomic E-state index is 6.18. The molecule has 22 heavy (non-hydrogen) atoms. The van der Waals surface area contributed by atoms with Crippen LogP contribution in [0.3, 0.4) is 0 Å². The summed E-state index contributed by atoms with van der Waals surface area (Å²) in [6.07, 6.45) is 1.94. The van der Waals surface area contributed by atoms with E-state index in [2.05, 4.69) is 19.1 Å². The Labute approximate surface area is 131 Å². The van der Waals surface area contributed by atoms with Gasteiger partial charge in [-0.2, -0.15) is 0 Å². The van der Waals surface area contributed by atoms with Gasteiger partial charge in [-0.3, -0.25) is 4.98 Å². The van der Waals surface area contributed by atoms with E-state index < -0.39 is 0 Å². The van der Waals surface area contributed by atoms with Gasteiger partial charge in [-0.05, 0) is 48.6 Å². The number of hydrogen-bond donors (Lipinski definition) is 2. The predicted molar refractivity (Wildman–Crippen MR) is 93.7 cm³/mol. The van der Waals surface area contributed by atoms with Crippen molar-refractivity contribution in [2.24, 2.45) is 0 Å². The Hall–Kier alpha value is -2.55. The molecule has 0 fully saturated rings. The number of hydrogen-bond acceptors (Lipinski definition) is 3. The van der Waals surface area contributed by atoms with Gasteiger partial charge in [-0.1, -0.05) is 37.3 Å². The molecule has 112 valence electrons. The average Bonchev–Trinajstić information content (AvgIpc) is 2.54. The molecule has 0 saturated carbocycles. The molecule has 0 aliphatic rings. The third-order valence-electron chi connectivity index (χ3n) is 4.16. The van der Waals surface area contributed by atoms with E-state index in [1.54, 1.807) is 0 Å². The van der Waals surface area contributed by atoms with Crippen LogP contribution in [0.1, 0.15) is 30.5 Å². The second kappa shape index (κ2) is 6.06. The van der Waals surface area contributed by atoms with E-state index in [-0.39, 0.29) is 0 Å². The lowest BCUT2D eigenvalue weighted by Crippen LogP contribution is -2.05. The number of benzene rings is 2. The Morgan fingerprint density at radius 3 is 2.45 bits per heavy atom. The van der Waals surface area contributed by atoms with E-state index in [9.17, 15) is 0 Å². The van der Waals surface area contributed by atoms with Gasteiger partial charge in [-0.25, -0.2) is 0 Å². The summed E-state index contributed by atoms with van der Waals surface area (Å²) in [6.45, 7) is 2.20. The van der Waals surface area contributed by atoms with Crippen molar-refractivity contribution in [3.8, 4) is 0 Å². The standard InChI is InChI=1S/C19H21N3/c1-2-13(14-7-9-15(20)10-8-14)11-16-12-18(21)17-5-3-4-6-19(17)22-16/h3-10,12-13H,2,11,20H2,1H3,(H2,21,22). The molecule has 2 aromatic carbocycles. The molecule has 0 saturated heterocycles. The highest BCUT2D eigenvalue weighted by molar-refractivity contribution is 5.90. The summed E-state index contributed by atoms with van der Waals surface area (Å²) >= 11 is 0. The molecule has 1 heterocycles. The second-order valence-electron chi connectivity index (χ2n) is 5.70. The van der Waals surface area contributed by atoms with Crippen molar-refractivity contribution >= 4 is 22.3 Å². The van der Waals surface area contributed by atoms with E-state index in [1.165, 1.54) is 5.56 Å². The first-order valence-electron chi connectivity index (χ1n) is 7.67. The van der Waals surface area contributed by atoms with Crippen LogP contribution in [0.15, 0.2) is 54.6 Å². The lowest BCUT2D eigenvalue weighted by atomic mass is 9.91. The lowest BCUT2D eigenvalue weighted by molar-refractivity contribution is 0.651. The molecule has 3 nitrogen and oxygen atoms in total. The largest absolute Gasteiger partial charge is 0.399 e.